The highest BCUT2D eigenvalue weighted by Gasteiger charge is 2.25. The molecule has 0 radical (unpaired) electrons. The zero-order chi connectivity index (χ0) is 15.0. The zero-order valence-electron chi connectivity index (χ0n) is 11.9. The van der Waals surface area contributed by atoms with E-state index in [0.29, 0.717) is 16.8 Å². The Morgan fingerprint density at radius 1 is 0.810 bits per heavy atom. The van der Waals surface area contributed by atoms with E-state index >= 15 is 0 Å². The highest BCUT2D eigenvalue weighted by atomic mass is 16.1. The molecule has 3 rings (SSSR count). The van der Waals surface area contributed by atoms with Crippen molar-refractivity contribution in [3.63, 3.8) is 0 Å². The standard InChI is InChI=1S/C18H15NO2/c1-11-3-6-13(7-4-11)19-16-10-17(20)14-8-5-12(2)9-15(14)18(16)21/h3-10,19H,1-2H3. The fourth-order valence-electron chi connectivity index (χ4n) is 2.37. The third kappa shape index (κ3) is 2.50. The molecule has 2 aromatic rings. The van der Waals surface area contributed by atoms with Crippen molar-refractivity contribution in [1.29, 1.82) is 0 Å². The first-order chi connectivity index (χ1) is 10.0. The summed E-state index contributed by atoms with van der Waals surface area (Å²) in [7, 11) is 0. The molecule has 0 heterocycles. The van der Waals surface area contributed by atoms with Crippen LogP contribution in [-0.2, 0) is 0 Å². The SMILES string of the molecule is Cc1ccc(NC2=CC(=O)c3ccc(C)cc3C2=O)cc1. The first kappa shape index (κ1) is 13.3. The Bertz CT molecular complexity index is 770. The van der Waals surface area contributed by atoms with Crippen molar-refractivity contribution in [2.24, 2.45) is 0 Å². The fraction of sp³-hybridized carbons (Fsp3) is 0.111. The topological polar surface area (TPSA) is 46.2 Å². The van der Waals surface area contributed by atoms with Crippen LogP contribution >= 0.6 is 0 Å². The molecule has 1 aliphatic carbocycles. The lowest BCUT2D eigenvalue weighted by atomic mass is 9.91. The summed E-state index contributed by atoms with van der Waals surface area (Å²) in [4.78, 5) is 24.6. The van der Waals surface area contributed by atoms with Gasteiger partial charge in [-0.1, -0.05) is 35.4 Å². The van der Waals surface area contributed by atoms with Gasteiger partial charge in [-0.05, 0) is 32.0 Å². The van der Waals surface area contributed by atoms with Gasteiger partial charge in [-0.25, -0.2) is 0 Å². The van der Waals surface area contributed by atoms with Gasteiger partial charge in [0.1, 0.15) is 0 Å². The predicted molar refractivity (Wildman–Crippen MR) is 82.7 cm³/mol. The number of hydrogen-bond acceptors (Lipinski definition) is 3. The summed E-state index contributed by atoms with van der Waals surface area (Å²) >= 11 is 0. The second kappa shape index (κ2) is 5.02. The monoisotopic (exact) mass is 277 g/mol. The van der Waals surface area contributed by atoms with Gasteiger partial charge in [0, 0.05) is 22.9 Å². The van der Waals surface area contributed by atoms with Gasteiger partial charge in [0.05, 0.1) is 5.70 Å². The number of Topliss-reactive ketones (excluding diaryl/α,β-unsaturated/α-hetero) is 1. The number of ketones is 2. The van der Waals surface area contributed by atoms with E-state index in [1.54, 1.807) is 12.1 Å². The molecule has 3 heteroatoms. The maximum absolute atomic E-state index is 12.5. The maximum atomic E-state index is 12.5. The summed E-state index contributed by atoms with van der Waals surface area (Å²) in [6, 6.07) is 13.0. The largest absolute Gasteiger partial charge is 0.352 e. The van der Waals surface area contributed by atoms with Crippen LogP contribution in [0.1, 0.15) is 31.8 Å². The van der Waals surface area contributed by atoms with Gasteiger partial charge in [-0.15, -0.1) is 0 Å². The zero-order valence-corrected chi connectivity index (χ0v) is 11.9. The van der Waals surface area contributed by atoms with Crippen molar-refractivity contribution in [3.8, 4) is 0 Å². The third-order valence-corrected chi connectivity index (χ3v) is 3.54. The smallest absolute Gasteiger partial charge is 0.210 e. The van der Waals surface area contributed by atoms with Gasteiger partial charge in [0.2, 0.25) is 5.78 Å². The number of benzene rings is 2. The second-order valence-corrected chi connectivity index (χ2v) is 5.29. The number of fused-ring (bicyclic) bond motifs is 1. The first-order valence-corrected chi connectivity index (χ1v) is 6.79. The van der Waals surface area contributed by atoms with Crippen molar-refractivity contribution >= 4 is 17.3 Å². The molecule has 1 N–H and O–H groups in total. The summed E-state index contributed by atoms with van der Waals surface area (Å²) in [5.74, 6) is -0.284. The number of allylic oxidation sites excluding steroid dienone is 2. The summed E-state index contributed by atoms with van der Waals surface area (Å²) in [6.45, 7) is 3.90. The van der Waals surface area contributed by atoms with Gasteiger partial charge in [0.25, 0.3) is 0 Å². The fourth-order valence-corrected chi connectivity index (χ4v) is 2.37. The molecule has 21 heavy (non-hydrogen) atoms. The average Bonchev–Trinajstić information content (AvgIpc) is 2.46. The third-order valence-electron chi connectivity index (χ3n) is 3.54. The molecule has 0 aliphatic heterocycles. The number of rotatable bonds is 2. The van der Waals surface area contributed by atoms with Crippen LogP contribution < -0.4 is 5.32 Å². The van der Waals surface area contributed by atoms with Crippen LogP contribution in [0.4, 0.5) is 5.69 Å². The Labute approximate surface area is 123 Å². The molecule has 0 bridgehead atoms. The number of carbonyl (C=O) groups excluding carboxylic acids is 2. The van der Waals surface area contributed by atoms with Crippen LogP contribution in [0.25, 0.3) is 0 Å². The second-order valence-electron chi connectivity index (χ2n) is 5.29. The van der Waals surface area contributed by atoms with E-state index < -0.39 is 0 Å². The van der Waals surface area contributed by atoms with Crippen LogP contribution in [-0.4, -0.2) is 11.6 Å². The van der Waals surface area contributed by atoms with Gasteiger partial charge >= 0.3 is 0 Å². The van der Waals surface area contributed by atoms with Crippen molar-refractivity contribution in [3.05, 3.63) is 76.5 Å². The Morgan fingerprint density at radius 3 is 2.19 bits per heavy atom. The van der Waals surface area contributed by atoms with Crippen LogP contribution in [0.2, 0.25) is 0 Å². The first-order valence-electron chi connectivity index (χ1n) is 6.79. The lowest BCUT2D eigenvalue weighted by Gasteiger charge is -2.17. The Hall–Kier alpha value is -2.68. The van der Waals surface area contributed by atoms with Gasteiger partial charge in [-0.3, -0.25) is 9.59 Å². The molecule has 0 saturated carbocycles. The lowest BCUT2D eigenvalue weighted by Crippen LogP contribution is -2.21. The minimum absolute atomic E-state index is 0.140. The number of hydrogen-bond donors (Lipinski definition) is 1. The number of aryl methyl sites for hydroxylation is 2. The van der Waals surface area contributed by atoms with Crippen molar-refractivity contribution in [2.75, 3.05) is 5.32 Å². The highest BCUT2D eigenvalue weighted by molar-refractivity contribution is 6.25. The predicted octanol–water partition coefficient (Wildman–Crippen LogP) is 3.68. The minimum atomic E-state index is -0.145. The summed E-state index contributed by atoms with van der Waals surface area (Å²) in [5, 5.41) is 3.04. The molecule has 0 atom stereocenters. The summed E-state index contributed by atoms with van der Waals surface area (Å²) < 4.78 is 0. The average molecular weight is 277 g/mol. The molecule has 1 aliphatic rings. The Morgan fingerprint density at radius 2 is 1.48 bits per heavy atom. The molecule has 0 fully saturated rings. The Kier molecular flexibility index (Phi) is 3.18. The number of anilines is 1. The van der Waals surface area contributed by atoms with Crippen LogP contribution in [0.3, 0.4) is 0 Å². The van der Waals surface area contributed by atoms with Gasteiger partial charge < -0.3 is 5.32 Å². The number of nitrogens with one attached hydrogen (secondary N) is 1. The van der Waals surface area contributed by atoms with E-state index in [9.17, 15) is 9.59 Å². The lowest BCUT2D eigenvalue weighted by molar-refractivity contribution is 0.0985. The molecule has 2 aromatic carbocycles. The molecule has 3 nitrogen and oxygen atoms in total. The van der Waals surface area contributed by atoms with Crippen LogP contribution in [0.5, 0.6) is 0 Å². The van der Waals surface area contributed by atoms with Crippen molar-refractivity contribution in [2.45, 2.75) is 13.8 Å². The van der Waals surface area contributed by atoms with Gasteiger partial charge in [-0.2, -0.15) is 0 Å². The molecular weight excluding hydrogens is 262 g/mol. The normalized spacial score (nSPS) is 13.7. The molecule has 0 amide bonds. The van der Waals surface area contributed by atoms with Crippen LogP contribution in [0.15, 0.2) is 54.2 Å². The quantitative estimate of drug-likeness (QED) is 0.910. The van der Waals surface area contributed by atoms with E-state index in [4.69, 9.17) is 0 Å². The van der Waals surface area contributed by atoms with Crippen molar-refractivity contribution in [1.82, 2.24) is 0 Å². The molecule has 0 saturated heterocycles. The summed E-state index contributed by atoms with van der Waals surface area (Å²) in [5.41, 5.74) is 4.16. The minimum Gasteiger partial charge on any atom is -0.352 e. The van der Waals surface area contributed by atoms with E-state index in [0.717, 1.165) is 16.8 Å². The van der Waals surface area contributed by atoms with E-state index in [1.807, 2.05) is 44.2 Å². The molecule has 104 valence electrons. The van der Waals surface area contributed by atoms with E-state index in [1.165, 1.54) is 6.08 Å². The molecule has 0 unspecified atom stereocenters. The maximum Gasteiger partial charge on any atom is 0.210 e. The Balaban J connectivity index is 1.96. The van der Waals surface area contributed by atoms with E-state index in [2.05, 4.69) is 5.32 Å². The molecule has 0 aromatic heterocycles. The van der Waals surface area contributed by atoms with Crippen molar-refractivity contribution < 1.29 is 9.59 Å². The van der Waals surface area contributed by atoms with E-state index in [-0.39, 0.29) is 11.6 Å². The molecule has 0 spiro atoms. The van der Waals surface area contributed by atoms with Crippen LogP contribution in [0, 0.1) is 13.8 Å². The number of carbonyl (C=O) groups is 2. The van der Waals surface area contributed by atoms with Gasteiger partial charge in [0.15, 0.2) is 5.78 Å². The molecular formula is C18H15NO2. The highest BCUT2D eigenvalue weighted by Crippen LogP contribution is 2.24. The summed E-state index contributed by atoms with van der Waals surface area (Å²) in [6.07, 6.45) is 1.37.